The molecule has 2 saturated heterocycles. The Hall–Kier alpha value is -2.38. The summed E-state index contributed by atoms with van der Waals surface area (Å²) >= 11 is 0. The second-order valence-corrected chi connectivity index (χ2v) is 10.2. The molecule has 0 radical (unpaired) electrons. The van der Waals surface area contributed by atoms with Gasteiger partial charge in [-0.05, 0) is 61.4 Å². The Balaban J connectivity index is 1.58. The maximum Gasteiger partial charge on any atom is 0.251 e. The van der Waals surface area contributed by atoms with Crippen molar-refractivity contribution in [2.24, 2.45) is 0 Å². The number of anilines is 1. The molecule has 166 valence electrons. The van der Waals surface area contributed by atoms with Gasteiger partial charge in [0.2, 0.25) is 10.0 Å². The van der Waals surface area contributed by atoms with Crippen LogP contribution in [0.2, 0.25) is 0 Å². The molecule has 2 aromatic rings. The third-order valence-electron chi connectivity index (χ3n) is 6.24. The lowest BCUT2D eigenvalue weighted by molar-refractivity contribution is 0.0950. The summed E-state index contributed by atoms with van der Waals surface area (Å²) in [6.45, 7) is 5.31. The van der Waals surface area contributed by atoms with Gasteiger partial charge in [0.15, 0.2) is 0 Å². The van der Waals surface area contributed by atoms with Gasteiger partial charge in [-0.3, -0.25) is 4.79 Å². The molecule has 0 bridgehead atoms. The second kappa shape index (κ2) is 9.40. The van der Waals surface area contributed by atoms with Crippen LogP contribution < -0.4 is 10.2 Å². The first-order chi connectivity index (χ1) is 15.0. The van der Waals surface area contributed by atoms with Gasteiger partial charge >= 0.3 is 0 Å². The van der Waals surface area contributed by atoms with Crippen molar-refractivity contribution >= 4 is 21.6 Å². The van der Waals surface area contributed by atoms with E-state index >= 15 is 0 Å². The molecule has 0 aromatic heterocycles. The monoisotopic (exact) mass is 441 g/mol. The minimum absolute atomic E-state index is 0.259. The molecule has 4 rings (SSSR count). The first kappa shape index (κ1) is 21.8. The number of nitrogens with zero attached hydrogens (tertiary/aromatic N) is 2. The average Bonchev–Trinajstić information content (AvgIpc) is 3.52. The zero-order chi connectivity index (χ0) is 21.8. The largest absolute Gasteiger partial charge is 0.370 e. The fourth-order valence-electron chi connectivity index (χ4n) is 4.33. The van der Waals surface area contributed by atoms with Gasteiger partial charge in [0, 0.05) is 38.3 Å². The minimum Gasteiger partial charge on any atom is -0.370 e. The third-order valence-corrected chi connectivity index (χ3v) is 8.16. The van der Waals surface area contributed by atoms with Crippen molar-refractivity contribution < 1.29 is 13.2 Å². The fourth-order valence-corrected chi connectivity index (χ4v) is 6.08. The molecule has 0 unspecified atom stereocenters. The Bertz CT molecular complexity index is 1020. The van der Waals surface area contributed by atoms with Gasteiger partial charge in [0.1, 0.15) is 4.90 Å². The van der Waals surface area contributed by atoms with E-state index in [-0.39, 0.29) is 10.8 Å². The highest BCUT2D eigenvalue weighted by Crippen LogP contribution is 2.32. The molecule has 2 fully saturated rings. The van der Waals surface area contributed by atoms with Gasteiger partial charge < -0.3 is 10.2 Å². The van der Waals surface area contributed by atoms with Crippen LogP contribution in [-0.4, -0.2) is 44.8 Å². The molecule has 2 heterocycles. The number of carbonyl (C=O) groups excluding carboxylic acids is 1. The Morgan fingerprint density at radius 2 is 1.52 bits per heavy atom. The van der Waals surface area contributed by atoms with Crippen molar-refractivity contribution in [2.45, 2.75) is 50.5 Å². The Labute approximate surface area is 185 Å². The molecule has 1 N–H and O–H groups in total. The van der Waals surface area contributed by atoms with E-state index in [1.807, 2.05) is 12.1 Å². The van der Waals surface area contributed by atoms with Gasteiger partial charge in [-0.1, -0.05) is 31.2 Å². The average molecular weight is 442 g/mol. The zero-order valence-electron chi connectivity index (χ0n) is 18.1. The summed E-state index contributed by atoms with van der Waals surface area (Å²) in [5.41, 5.74) is 3.37. The Morgan fingerprint density at radius 1 is 0.903 bits per heavy atom. The van der Waals surface area contributed by atoms with E-state index < -0.39 is 10.0 Å². The molecule has 2 aliphatic rings. The van der Waals surface area contributed by atoms with E-state index in [4.69, 9.17) is 0 Å². The smallest absolute Gasteiger partial charge is 0.251 e. The highest BCUT2D eigenvalue weighted by atomic mass is 32.2. The highest BCUT2D eigenvalue weighted by Gasteiger charge is 2.32. The Morgan fingerprint density at radius 3 is 2.16 bits per heavy atom. The maximum absolute atomic E-state index is 13.4. The zero-order valence-corrected chi connectivity index (χ0v) is 19.0. The summed E-state index contributed by atoms with van der Waals surface area (Å²) in [5, 5.41) is 2.93. The number of carbonyl (C=O) groups is 1. The van der Waals surface area contributed by atoms with Crippen molar-refractivity contribution in [3.05, 3.63) is 59.2 Å². The number of aryl methyl sites for hydroxylation is 1. The maximum atomic E-state index is 13.4. The van der Waals surface area contributed by atoms with E-state index in [0.717, 1.165) is 56.4 Å². The van der Waals surface area contributed by atoms with Gasteiger partial charge in [-0.2, -0.15) is 4.31 Å². The topological polar surface area (TPSA) is 69.7 Å². The van der Waals surface area contributed by atoms with Crippen LogP contribution in [0.15, 0.2) is 47.4 Å². The van der Waals surface area contributed by atoms with Crippen molar-refractivity contribution in [2.75, 3.05) is 31.1 Å². The highest BCUT2D eigenvalue weighted by molar-refractivity contribution is 7.89. The normalized spacial score (nSPS) is 17.3. The Kier molecular flexibility index (Phi) is 6.62. The molecule has 7 heteroatoms. The molecule has 0 atom stereocenters. The molecule has 1 amide bonds. The van der Waals surface area contributed by atoms with E-state index in [9.17, 15) is 13.2 Å². The van der Waals surface area contributed by atoms with Crippen molar-refractivity contribution in [3.63, 3.8) is 0 Å². The standard InChI is InChI=1S/C24H31N3O3S/c1-2-19-7-9-20(10-8-19)18-25-24(28)21-11-12-22(26-13-3-4-14-26)23(17-21)31(29,30)27-15-5-6-16-27/h7-12,17H,2-6,13-16,18H2,1H3,(H,25,28). The lowest BCUT2D eigenvalue weighted by Gasteiger charge is -2.24. The van der Waals surface area contributed by atoms with Crippen LogP contribution in [0.25, 0.3) is 0 Å². The van der Waals surface area contributed by atoms with Gasteiger partial charge in [0.05, 0.1) is 5.69 Å². The summed E-state index contributed by atoms with van der Waals surface area (Å²) in [4.78, 5) is 15.2. The predicted molar refractivity (Wildman–Crippen MR) is 123 cm³/mol. The van der Waals surface area contributed by atoms with Crippen molar-refractivity contribution in [3.8, 4) is 0 Å². The van der Waals surface area contributed by atoms with E-state index in [1.54, 1.807) is 22.5 Å². The lowest BCUT2D eigenvalue weighted by Crippen LogP contribution is -2.31. The van der Waals surface area contributed by atoms with Crippen LogP contribution in [0.4, 0.5) is 5.69 Å². The van der Waals surface area contributed by atoms with Gasteiger partial charge in [-0.25, -0.2) is 8.42 Å². The first-order valence-electron chi connectivity index (χ1n) is 11.2. The summed E-state index contributed by atoms with van der Waals surface area (Å²) in [5.74, 6) is -0.259. The molecule has 6 nitrogen and oxygen atoms in total. The molecule has 0 spiro atoms. The number of hydrogen-bond donors (Lipinski definition) is 1. The van der Waals surface area contributed by atoms with Crippen molar-refractivity contribution in [1.29, 1.82) is 0 Å². The van der Waals surface area contributed by atoms with Gasteiger partial charge in [-0.15, -0.1) is 0 Å². The van der Waals surface area contributed by atoms with Crippen LogP contribution in [0, 0.1) is 0 Å². The summed E-state index contributed by atoms with van der Waals surface area (Å²) in [7, 11) is -3.63. The van der Waals surface area contributed by atoms with E-state index in [2.05, 4.69) is 29.3 Å². The lowest BCUT2D eigenvalue weighted by atomic mass is 10.1. The number of rotatable bonds is 7. The van der Waals surface area contributed by atoms with E-state index in [0.29, 0.717) is 25.2 Å². The summed E-state index contributed by atoms with van der Waals surface area (Å²) in [6.07, 6.45) is 4.86. The predicted octanol–water partition coefficient (Wildman–Crippen LogP) is 3.56. The molecular weight excluding hydrogens is 410 g/mol. The molecule has 0 saturated carbocycles. The second-order valence-electron chi connectivity index (χ2n) is 8.34. The number of nitrogens with one attached hydrogen (secondary N) is 1. The molecule has 2 aliphatic heterocycles. The SMILES string of the molecule is CCc1ccc(CNC(=O)c2ccc(N3CCCC3)c(S(=O)(=O)N3CCCC3)c2)cc1. The molecule has 2 aromatic carbocycles. The molecular formula is C24H31N3O3S. The van der Waals surface area contributed by atoms with Crippen molar-refractivity contribution in [1.82, 2.24) is 9.62 Å². The van der Waals surface area contributed by atoms with Crippen LogP contribution in [-0.2, 0) is 23.0 Å². The van der Waals surface area contributed by atoms with E-state index in [1.165, 1.54) is 5.56 Å². The number of amides is 1. The number of sulfonamides is 1. The molecule has 31 heavy (non-hydrogen) atoms. The van der Waals surface area contributed by atoms with Crippen LogP contribution in [0.1, 0.15) is 54.1 Å². The quantitative estimate of drug-likeness (QED) is 0.713. The number of benzene rings is 2. The molecule has 0 aliphatic carbocycles. The summed E-state index contributed by atoms with van der Waals surface area (Å²) in [6, 6.07) is 13.3. The third kappa shape index (κ3) is 4.77. The van der Waals surface area contributed by atoms with Crippen LogP contribution >= 0.6 is 0 Å². The minimum atomic E-state index is -3.63. The fraction of sp³-hybridized carbons (Fsp3) is 0.458. The summed E-state index contributed by atoms with van der Waals surface area (Å²) < 4.78 is 28.3. The number of hydrogen-bond acceptors (Lipinski definition) is 4. The van der Waals surface area contributed by atoms with Gasteiger partial charge in [0.25, 0.3) is 5.91 Å². The first-order valence-corrected chi connectivity index (χ1v) is 12.7. The van der Waals surface area contributed by atoms with Crippen LogP contribution in [0.5, 0.6) is 0 Å². The van der Waals surface area contributed by atoms with Crippen LogP contribution in [0.3, 0.4) is 0 Å².